The SMILES string of the molecule is CCOc1cc(C(=O)OCC(=O)N(C)Cc2nc3ccccc3s2)ccc1OC. The third-order valence-corrected chi connectivity index (χ3v) is 5.18. The highest BCUT2D eigenvalue weighted by atomic mass is 32.1. The van der Waals surface area contributed by atoms with Crippen molar-refractivity contribution in [2.75, 3.05) is 27.4 Å². The number of hydrogen-bond donors (Lipinski definition) is 0. The van der Waals surface area contributed by atoms with Crippen LogP contribution in [0.15, 0.2) is 42.5 Å². The molecule has 2 aromatic carbocycles. The standard InChI is InChI=1S/C21H22N2O5S/c1-4-27-17-11-14(9-10-16(17)26-3)21(25)28-13-20(24)23(2)12-19-22-15-7-5-6-8-18(15)29-19/h5-11H,4,12-13H2,1-3H3. The molecule has 0 saturated heterocycles. The Labute approximate surface area is 172 Å². The molecular weight excluding hydrogens is 392 g/mol. The quantitative estimate of drug-likeness (QED) is 0.525. The summed E-state index contributed by atoms with van der Waals surface area (Å²) in [7, 11) is 3.18. The van der Waals surface area contributed by atoms with Crippen LogP contribution >= 0.6 is 11.3 Å². The lowest BCUT2D eigenvalue weighted by molar-refractivity contribution is -0.133. The lowest BCUT2D eigenvalue weighted by Crippen LogP contribution is -2.30. The molecule has 1 amide bonds. The molecule has 0 saturated carbocycles. The van der Waals surface area contributed by atoms with Crippen LogP contribution in [-0.2, 0) is 16.1 Å². The summed E-state index contributed by atoms with van der Waals surface area (Å²) < 4.78 is 16.9. The smallest absolute Gasteiger partial charge is 0.338 e. The van der Waals surface area contributed by atoms with Crippen molar-refractivity contribution in [1.82, 2.24) is 9.88 Å². The summed E-state index contributed by atoms with van der Waals surface area (Å²) >= 11 is 1.54. The zero-order valence-electron chi connectivity index (χ0n) is 16.5. The maximum atomic E-state index is 12.3. The molecule has 0 aliphatic heterocycles. The fourth-order valence-electron chi connectivity index (χ4n) is 2.67. The van der Waals surface area contributed by atoms with Crippen LogP contribution in [0, 0.1) is 0 Å². The Kier molecular flexibility index (Phi) is 6.66. The topological polar surface area (TPSA) is 78.0 Å². The molecule has 0 unspecified atom stereocenters. The van der Waals surface area contributed by atoms with Gasteiger partial charge in [0.05, 0.1) is 36.0 Å². The van der Waals surface area contributed by atoms with Gasteiger partial charge in [-0.25, -0.2) is 9.78 Å². The van der Waals surface area contributed by atoms with E-state index in [0.29, 0.717) is 24.7 Å². The second kappa shape index (κ2) is 9.38. The van der Waals surface area contributed by atoms with Crippen LogP contribution in [0.1, 0.15) is 22.3 Å². The van der Waals surface area contributed by atoms with Crippen LogP contribution in [0.3, 0.4) is 0 Å². The number of hydrogen-bond acceptors (Lipinski definition) is 7. The molecule has 3 aromatic rings. The van der Waals surface area contributed by atoms with E-state index in [2.05, 4.69) is 4.98 Å². The molecule has 0 spiro atoms. The number of ether oxygens (including phenoxy) is 3. The van der Waals surface area contributed by atoms with E-state index in [4.69, 9.17) is 14.2 Å². The van der Waals surface area contributed by atoms with Crippen molar-refractivity contribution in [3.63, 3.8) is 0 Å². The highest BCUT2D eigenvalue weighted by Gasteiger charge is 2.17. The second-order valence-corrected chi connectivity index (χ2v) is 7.32. The van der Waals surface area contributed by atoms with Crippen molar-refractivity contribution < 1.29 is 23.8 Å². The lowest BCUT2D eigenvalue weighted by atomic mass is 10.2. The number of aromatic nitrogens is 1. The minimum absolute atomic E-state index is 0.288. The average molecular weight is 414 g/mol. The van der Waals surface area contributed by atoms with Gasteiger partial charge in [-0.1, -0.05) is 12.1 Å². The predicted molar refractivity (Wildman–Crippen MR) is 111 cm³/mol. The fourth-order valence-corrected chi connectivity index (χ4v) is 3.69. The molecule has 8 heteroatoms. The van der Waals surface area contributed by atoms with Gasteiger partial charge in [0, 0.05) is 7.05 Å². The Bertz CT molecular complexity index is 984. The summed E-state index contributed by atoms with van der Waals surface area (Å²) in [5.74, 6) is 0.0604. The third-order valence-electron chi connectivity index (χ3n) is 4.16. The van der Waals surface area contributed by atoms with Crippen LogP contribution < -0.4 is 9.47 Å². The Morgan fingerprint density at radius 2 is 1.93 bits per heavy atom. The average Bonchev–Trinajstić information content (AvgIpc) is 3.14. The van der Waals surface area contributed by atoms with E-state index in [1.165, 1.54) is 23.3 Å². The number of methoxy groups -OCH3 is 1. The van der Waals surface area contributed by atoms with Gasteiger partial charge in [0.2, 0.25) is 0 Å². The maximum Gasteiger partial charge on any atom is 0.338 e. The van der Waals surface area contributed by atoms with Crippen LogP contribution in [0.25, 0.3) is 10.2 Å². The number of fused-ring (bicyclic) bond motifs is 1. The number of likely N-dealkylation sites (N-methyl/N-ethyl adjacent to an activating group) is 1. The third kappa shape index (κ3) is 5.03. The first-order chi connectivity index (χ1) is 14.0. The molecule has 7 nitrogen and oxygen atoms in total. The van der Waals surface area contributed by atoms with E-state index in [-0.39, 0.29) is 18.1 Å². The Morgan fingerprint density at radius 3 is 2.66 bits per heavy atom. The molecule has 1 aromatic heterocycles. The number of carbonyl (C=O) groups excluding carboxylic acids is 2. The Hall–Kier alpha value is -3.13. The molecule has 0 bridgehead atoms. The summed E-state index contributed by atoms with van der Waals surface area (Å²) in [6.45, 7) is 2.28. The monoisotopic (exact) mass is 414 g/mol. The molecule has 0 aliphatic rings. The summed E-state index contributed by atoms with van der Waals surface area (Å²) in [5.41, 5.74) is 1.19. The first-order valence-electron chi connectivity index (χ1n) is 9.08. The van der Waals surface area contributed by atoms with Gasteiger partial charge in [0.25, 0.3) is 5.91 Å². The van der Waals surface area contributed by atoms with Crippen molar-refractivity contribution in [1.29, 1.82) is 0 Å². The van der Waals surface area contributed by atoms with Gasteiger partial charge in [-0.2, -0.15) is 0 Å². The molecule has 0 fully saturated rings. The molecule has 0 aliphatic carbocycles. The zero-order valence-corrected chi connectivity index (χ0v) is 17.3. The van der Waals surface area contributed by atoms with Gasteiger partial charge in [-0.05, 0) is 37.3 Å². The van der Waals surface area contributed by atoms with Gasteiger partial charge in [-0.3, -0.25) is 4.79 Å². The van der Waals surface area contributed by atoms with E-state index in [1.807, 2.05) is 31.2 Å². The van der Waals surface area contributed by atoms with E-state index in [1.54, 1.807) is 25.2 Å². The van der Waals surface area contributed by atoms with Gasteiger partial charge < -0.3 is 19.1 Å². The van der Waals surface area contributed by atoms with Crippen LogP contribution in [0.5, 0.6) is 11.5 Å². The highest BCUT2D eigenvalue weighted by molar-refractivity contribution is 7.18. The second-order valence-electron chi connectivity index (χ2n) is 6.20. The maximum absolute atomic E-state index is 12.3. The molecule has 0 N–H and O–H groups in total. The largest absolute Gasteiger partial charge is 0.493 e. The predicted octanol–water partition coefficient (Wildman–Crippen LogP) is 3.52. The summed E-state index contributed by atoms with van der Waals surface area (Å²) in [6, 6.07) is 12.5. The number of nitrogens with zero attached hydrogens (tertiary/aromatic N) is 2. The normalized spacial score (nSPS) is 10.6. The molecule has 3 rings (SSSR count). The number of amides is 1. The number of carbonyl (C=O) groups is 2. The van der Waals surface area contributed by atoms with Gasteiger partial charge in [0.15, 0.2) is 18.1 Å². The Morgan fingerprint density at radius 1 is 1.14 bits per heavy atom. The highest BCUT2D eigenvalue weighted by Crippen LogP contribution is 2.28. The number of thiazole rings is 1. The van der Waals surface area contributed by atoms with E-state index < -0.39 is 5.97 Å². The van der Waals surface area contributed by atoms with Gasteiger partial charge >= 0.3 is 5.97 Å². The van der Waals surface area contributed by atoms with Crippen molar-refractivity contribution in [3.05, 3.63) is 53.0 Å². The van der Waals surface area contributed by atoms with Crippen LogP contribution in [0.2, 0.25) is 0 Å². The van der Waals surface area contributed by atoms with Crippen molar-refractivity contribution in [2.24, 2.45) is 0 Å². The molecule has 0 atom stereocenters. The van der Waals surface area contributed by atoms with Gasteiger partial charge in [0.1, 0.15) is 5.01 Å². The van der Waals surface area contributed by atoms with E-state index >= 15 is 0 Å². The summed E-state index contributed by atoms with van der Waals surface area (Å²) in [5, 5.41) is 0.824. The van der Waals surface area contributed by atoms with Crippen molar-refractivity contribution in [3.8, 4) is 11.5 Å². The molecule has 29 heavy (non-hydrogen) atoms. The summed E-state index contributed by atoms with van der Waals surface area (Å²) in [4.78, 5) is 30.7. The van der Waals surface area contributed by atoms with Gasteiger partial charge in [-0.15, -0.1) is 11.3 Å². The number of esters is 1. The van der Waals surface area contributed by atoms with Crippen LogP contribution in [0.4, 0.5) is 0 Å². The number of benzene rings is 2. The molecule has 1 heterocycles. The zero-order chi connectivity index (χ0) is 20.8. The number of rotatable bonds is 8. The minimum atomic E-state index is -0.602. The molecule has 152 valence electrons. The summed E-state index contributed by atoms with van der Waals surface area (Å²) in [6.07, 6.45) is 0. The lowest BCUT2D eigenvalue weighted by Gasteiger charge is -2.16. The fraction of sp³-hybridized carbons (Fsp3) is 0.286. The first kappa shape index (κ1) is 20.6. The van der Waals surface area contributed by atoms with Crippen molar-refractivity contribution >= 4 is 33.4 Å². The minimum Gasteiger partial charge on any atom is -0.493 e. The number of para-hydroxylation sites is 1. The van der Waals surface area contributed by atoms with Crippen molar-refractivity contribution in [2.45, 2.75) is 13.5 Å². The molecular formula is C21H22N2O5S. The molecule has 0 radical (unpaired) electrons. The van der Waals surface area contributed by atoms with E-state index in [0.717, 1.165) is 15.2 Å². The first-order valence-corrected chi connectivity index (χ1v) is 9.89. The van der Waals surface area contributed by atoms with E-state index in [9.17, 15) is 9.59 Å². The van der Waals surface area contributed by atoms with Crippen LogP contribution in [-0.4, -0.2) is 49.1 Å². The Balaban J connectivity index is 1.57.